The van der Waals surface area contributed by atoms with Crippen LogP contribution < -0.4 is 4.90 Å². The van der Waals surface area contributed by atoms with Gasteiger partial charge < -0.3 is 14.4 Å². The van der Waals surface area contributed by atoms with Crippen LogP contribution in [0.25, 0.3) is 11.0 Å². The molecule has 186 valence electrons. The maximum Gasteiger partial charge on any atom is 0.414 e. The molecule has 1 saturated carbocycles. The summed E-state index contributed by atoms with van der Waals surface area (Å²) in [6.45, 7) is 4.79. The molecule has 0 bridgehead atoms. The van der Waals surface area contributed by atoms with Gasteiger partial charge in [0.2, 0.25) is 0 Å². The summed E-state index contributed by atoms with van der Waals surface area (Å²) >= 11 is 0. The largest absolute Gasteiger partial charge is 0.481 e. The van der Waals surface area contributed by atoms with Crippen LogP contribution in [0.5, 0.6) is 0 Å². The second-order valence-electron chi connectivity index (χ2n) is 9.93. The number of anilines is 1. The van der Waals surface area contributed by atoms with Gasteiger partial charge in [0.1, 0.15) is 5.82 Å². The molecule has 1 aliphatic carbocycles. The molecule has 5 rings (SSSR count). The lowest BCUT2D eigenvalue weighted by Crippen LogP contribution is -2.42. The lowest BCUT2D eigenvalue weighted by atomic mass is 9.86. The first-order valence-electron chi connectivity index (χ1n) is 12.5. The summed E-state index contributed by atoms with van der Waals surface area (Å²) in [6.07, 6.45) is 8.95. The van der Waals surface area contributed by atoms with E-state index < -0.39 is 5.97 Å². The number of nitrogens with zero attached hydrogens (tertiary/aromatic N) is 5. The van der Waals surface area contributed by atoms with Gasteiger partial charge in [-0.1, -0.05) is 0 Å². The lowest BCUT2D eigenvalue weighted by molar-refractivity contribution is -0.143. The van der Waals surface area contributed by atoms with E-state index in [0.29, 0.717) is 12.8 Å². The molecule has 3 heterocycles. The average molecular weight is 480 g/mol. The van der Waals surface area contributed by atoms with Crippen LogP contribution in [0, 0.1) is 12.8 Å². The molecule has 1 unspecified atom stereocenters. The number of hydrogen-bond acceptors (Lipinski definition) is 5. The number of ether oxygens (including phenoxy) is 1. The molecular weight excluding hydrogens is 446 g/mol. The van der Waals surface area contributed by atoms with Crippen molar-refractivity contribution in [3.63, 3.8) is 0 Å². The van der Waals surface area contributed by atoms with Crippen molar-refractivity contribution in [3.05, 3.63) is 41.5 Å². The quantitative estimate of drug-likeness (QED) is 0.578. The third-order valence-corrected chi connectivity index (χ3v) is 7.64. The molecule has 2 aliphatic rings. The number of carboxylic acid groups (broad SMARTS) is 1. The molecule has 9 nitrogen and oxygen atoms in total. The second kappa shape index (κ2) is 9.36. The van der Waals surface area contributed by atoms with Crippen molar-refractivity contribution in [1.82, 2.24) is 19.3 Å². The first kappa shape index (κ1) is 23.4. The smallest absolute Gasteiger partial charge is 0.414 e. The highest BCUT2D eigenvalue weighted by molar-refractivity contribution is 5.95. The van der Waals surface area contributed by atoms with Crippen molar-refractivity contribution >= 4 is 28.8 Å². The number of amides is 1. The maximum absolute atomic E-state index is 12.6. The van der Waals surface area contributed by atoms with Gasteiger partial charge in [-0.2, -0.15) is 5.10 Å². The van der Waals surface area contributed by atoms with E-state index in [-0.39, 0.29) is 24.1 Å². The number of hydrogen-bond donors (Lipinski definition) is 1. The Bertz CT molecular complexity index is 1250. The normalized spacial score (nSPS) is 22.3. The molecule has 1 fully saturated rings. The fourth-order valence-electron chi connectivity index (χ4n) is 5.79. The number of carbonyl (C=O) groups excluding carboxylic acids is 1. The highest BCUT2D eigenvalue weighted by Crippen LogP contribution is 2.40. The first-order chi connectivity index (χ1) is 16.9. The molecular formula is C26H33N5O4. The van der Waals surface area contributed by atoms with Crippen LogP contribution in [-0.2, 0) is 28.9 Å². The highest BCUT2D eigenvalue weighted by atomic mass is 16.5. The van der Waals surface area contributed by atoms with Crippen molar-refractivity contribution < 1.29 is 19.4 Å². The van der Waals surface area contributed by atoms with Gasteiger partial charge in [-0.25, -0.2) is 9.78 Å². The van der Waals surface area contributed by atoms with Crippen LogP contribution in [0.3, 0.4) is 0 Å². The third-order valence-electron chi connectivity index (χ3n) is 7.64. The van der Waals surface area contributed by atoms with E-state index in [2.05, 4.69) is 15.7 Å². The highest BCUT2D eigenvalue weighted by Gasteiger charge is 2.33. The zero-order valence-electron chi connectivity index (χ0n) is 20.6. The van der Waals surface area contributed by atoms with Crippen LogP contribution in [0.4, 0.5) is 10.5 Å². The molecule has 1 amide bonds. The molecule has 0 saturated heterocycles. The molecule has 1 atom stereocenters. The molecule has 9 heteroatoms. The van der Waals surface area contributed by atoms with Crippen molar-refractivity contribution in [2.75, 3.05) is 12.0 Å². The van der Waals surface area contributed by atoms with Crippen LogP contribution in [0.1, 0.15) is 62.0 Å². The van der Waals surface area contributed by atoms with Gasteiger partial charge >= 0.3 is 12.1 Å². The predicted octanol–water partition coefficient (Wildman–Crippen LogP) is 4.51. The lowest BCUT2D eigenvalue weighted by Gasteiger charge is -2.34. The molecule has 1 aliphatic heterocycles. The van der Waals surface area contributed by atoms with Gasteiger partial charge in [-0.15, -0.1) is 0 Å². The van der Waals surface area contributed by atoms with Crippen molar-refractivity contribution in [3.8, 4) is 0 Å². The minimum Gasteiger partial charge on any atom is -0.481 e. The van der Waals surface area contributed by atoms with E-state index in [1.165, 1.54) is 7.11 Å². The van der Waals surface area contributed by atoms with Crippen LogP contribution in [0.2, 0.25) is 0 Å². The van der Waals surface area contributed by atoms with E-state index >= 15 is 0 Å². The van der Waals surface area contributed by atoms with Gasteiger partial charge in [-0.05, 0) is 70.1 Å². The summed E-state index contributed by atoms with van der Waals surface area (Å²) in [5.74, 6) is 0.0299. The molecule has 3 aromatic rings. The molecule has 2 aromatic heterocycles. The maximum atomic E-state index is 12.6. The number of imidazole rings is 1. The number of fused-ring (bicyclic) bond motifs is 3. The van der Waals surface area contributed by atoms with E-state index in [1.54, 1.807) is 4.90 Å². The molecule has 35 heavy (non-hydrogen) atoms. The monoisotopic (exact) mass is 479 g/mol. The first-order valence-corrected chi connectivity index (χ1v) is 12.5. The topological polar surface area (TPSA) is 102 Å². The predicted molar refractivity (Wildman–Crippen MR) is 132 cm³/mol. The second-order valence-corrected chi connectivity index (χ2v) is 9.93. The fourth-order valence-corrected chi connectivity index (χ4v) is 5.79. The number of aromatic nitrogens is 4. The minimum absolute atomic E-state index is 0.0586. The molecule has 1 N–H and O–H groups in total. The van der Waals surface area contributed by atoms with Gasteiger partial charge in [0.15, 0.2) is 0 Å². The van der Waals surface area contributed by atoms with E-state index in [0.717, 1.165) is 72.3 Å². The third kappa shape index (κ3) is 4.28. The average Bonchev–Trinajstić information content (AvgIpc) is 3.45. The summed E-state index contributed by atoms with van der Waals surface area (Å²) in [5, 5.41) is 13.9. The Morgan fingerprint density at radius 3 is 2.60 bits per heavy atom. The Morgan fingerprint density at radius 1 is 1.17 bits per heavy atom. The summed E-state index contributed by atoms with van der Waals surface area (Å²) in [4.78, 5) is 31.0. The fraction of sp³-hybridized carbons (Fsp3) is 0.538. The molecule has 1 aromatic carbocycles. The molecule has 0 radical (unpaired) electrons. The number of rotatable bonds is 5. The Morgan fingerprint density at radius 2 is 1.94 bits per heavy atom. The van der Waals surface area contributed by atoms with Gasteiger partial charge in [0.05, 0.1) is 35.9 Å². The van der Waals surface area contributed by atoms with E-state index in [4.69, 9.17) is 9.72 Å². The zero-order valence-corrected chi connectivity index (χ0v) is 20.6. The molecule has 0 spiro atoms. The Balaban J connectivity index is 1.56. The van der Waals surface area contributed by atoms with Gasteiger partial charge in [0.25, 0.3) is 0 Å². The van der Waals surface area contributed by atoms with Crippen molar-refractivity contribution in [1.29, 1.82) is 0 Å². The summed E-state index contributed by atoms with van der Waals surface area (Å²) in [5.41, 5.74) is 5.08. The Labute approximate surface area is 204 Å². The van der Waals surface area contributed by atoms with Crippen LogP contribution in [-0.4, -0.2) is 49.7 Å². The van der Waals surface area contributed by atoms with Gasteiger partial charge in [0, 0.05) is 36.8 Å². The zero-order chi connectivity index (χ0) is 24.7. The SMILES string of the molecule is COC(=O)N1c2ccc3c(nc(CCn4cc(C)cn4)n3C3CCC(C(=O)O)CC3)c2CCC1C. The van der Waals surface area contributed by atoms with Crippen LogP contribution in [0.15, 0.2) is 24.5 Å². The minimum atomic E-state index is -0.695. The number of aryl methyl sites for hydroxylation is 4. The number of methoxy groups -OCH3 is 1. The van der Waals surface area contributed by atoms with Crippen LogP contribution >= 0.6 is 0 Å². The van der Waals surface area contributed by atoms with Crippen molar-refractivity contribution in [2.45, 2.75) is 77.4 Å². The van der Waals surface area contributed by atoms with E-state index in [9.17, 15) is 14.7 Å². The number of benzene rings is 1. The Kier molecular flexibility index (Phi) is 6.25. The van der Waals surface area contributed by atoms with Gasteiger partial charge in [-0.3, -0.25) is 14.4 Å². The standard InChI is InChI=1S/C26H33N5O4/c1-16-14-27-29(15-16)13-12-23-28-24-20-9-4-17(2)30(26(34)35-3)21(20)10-11-22(24)31(23)19-7-5-18(6-8-19)25(32)33/h10-11,14-15,17-19H,4-9,12-13H2,1-3H3,(H,32,33). The number of carboxylic acids is 1. The van der Waals surface area contributed by atoms with Crippen molar-refractivity contribution in [2.24, 2.45) is 5.92 Å². The number of aliphatic carboxylic acids is 1. The number of carbonyl (C=O) groups is 2. The summed E-state index contributed by atoms with van der Waals surface area (Å²) in [6, 6.07) is 4.36. The van der Waals surface area contributed by atoms with E-state index in [1.807, 2.05) is 37.0 Å². The Hall–Kier alpha value is -3.36. The summed E-state index contributed by atoms with van der Waals surface area (Å²) < 4.78 is 9.35. The summed E-state index contributed by atoms with van der Waals surface area (Å²) in [7, 11) is 1.42.